The topological polar surface area (TPSA) is 64.6 Å². The molecule has 5 nitrogen and oxygen atoms in total. The van der Waals surface area contributed by atoms with Crippen molar-refractivity contribution in [3.63, 3.8) is 0 Å². The number of carbonyl (C=O) groups excluding carboxylic acids is 2. The van der Waals surface area contributed by atoms with Crippen molar-refractivity contribution in [2.45, 2.75) is 12.5 Å². The van der Waals surface area contributed by atoms with Crippen LogP contribution in [0.3, 0.4) is 0 Å². The van der Waals surface area contributed by atoms with Crippen molar-refractivity contribution >= 4 is 12.0 Å². The Morgan fingerprint density at radius 3 is 2.50 bits per heavy atom. The molecular weight excluding hydrogens is 210 g/mol. The second-order valence-electron chi connectivity index (χ2n) is 3.44. The lowest BCUT2D eigenvalue weighted by Gasteiger charge is -2.06. The summed E-state index contributed by atoms with van der Waals surface area (Å²) in [5.74, 6) is 0.359. The smallest absolute Gasteiger partial charge is 0.414 e. The van der Waals surface area contributed by atoms with Crippen LogP contribution in [0.1, 0.15) is 5.56 Å². The van der Waals surface area contributed by atoms with Gasteiger partial charge in [0.25, 0.3) is 5.91 Å². The molecule has 2 rings (SSSR count). The second-order valence-corrected chi connectivity index (χ2v) is 3.44. The van der Waals surface area contributed by atoms with Gasteiger partial charge in [-0.15, -0.1) is 0 Å². The third kappa shape index (κ3) is 2.13. The van der Waals surface area contributed by atoms with Crippen molar-refractivity contribution < 1.29 is 19.1 Å². The van der Waals surface area contributed by atoms with Crippen LogP contribution < -0.4 is 10.1 Å². The van der Waals surface area contributed by atoms with E-state index in [1.54, 1.807) is 19.2 Å². The maximum absolute atomic E-state index is 11.2. The predicted octanol–water partition coefficient (Wildman–Crippen LogP) is 0.873. The molecule has 1 aromatic carbocycles. The average molecular weight is 221 g/mol. The number of nitrogens with one attached hydrogen (secondary N) is 1. The van der Waals surface area contributed by atoms with Crippen molar-refractivity contribution in [1.82, 2.24) is 5.32 Å². The zero-order valence-electron chi connectivity index (χ0n) is 8.73. The highest BCUT2D eigenvalue weighted by Gasteiger charge is 2.31. The molecule has 5 heteroatoms. The van der Waals surface area contributed by atoms with E-state index in [1.807, 2.05) is 12.1 Å². The Labute approximate surface area is 92.4 Å². The summed E-state index contributed by atoms with van der Waals surface area (Å²) in [7, 11) is 1.58. The molecule has 84 valence electrons. The maximum atomic E-state index is 11.2. The van der Waals surface area contributed by atoms with Crippen LogP contribution >= 0.6 is 0 Å². The van der Waals surface area contributed by atoms with Gasteiger partial charge in [-0.1, -0.05) is 12.1 Å². The lowest BCUT2D eigenvalue weighted by atomic mass is 10.1. The third-order valence-electron chi connectivity index (χ3n) is 2.35. The van der Waals surface area contributed by atoms with E-state index in [-0.39, 0.29) is 5.91 Å². The van der Waals surface area contributed by atoms with Gasteiger partial charge in [-0.3, -0.25) is 10.1 Å². The van der Waals surface area contributed by atoms with Crippen LogP contribution in [0.15, 0.2) is 24.3 Å². The number of carbonyl (C=O) groups is 2. The third-order valence-corrected chi connectivity index (χ3v) is 2.35. The van der Waals surface area contributed by atoms with Gasteiger partial charge in [0.2, 0.25) is 0 Å². The molecule has 16 heavy (non-hydrogen) atoms. The van der Waals surface area contributed by atoms with Crippen LogP contribution in [0.25, 0.3) is 0 Å². The van der Waals surface area contributed by atoms with E-state index in [9.17, 15) is 9.59 Å². The number of imide groups is 1. The molecule has 1 heterocycles. The molecule has 0 aliphatic carbocycles. The van der Waals surface area contributed by atoms with E-state index in [2.05, 4.69) is 5.32 Å². The number of alkyl carbamates (subject to hydrolysis) is 1. The number of cyclic esters (lactones) is 1. The molecule has 0 aromatic heterocycles. The van der Waals surface area contributed by atoms with Gasteiger partial charge in [0.15, 0.2) is 6.10 Å². The Kier molecular flexibility index (Phi) is 2.76. The van der Waals surface area contributed by atoms with Crippen molar-refractivity contribution in [1.29, 1.82) is 0 Å². The normalized spacial score (nSPS) is 19.2. The van der Waals surface area contributed by atoms with Gasteiger partial charge in [-0.2, -0.15) is 0 Å². The summed E-state index contributed by atoms with van der Waals surface area (Å²) in [6.45, 7) is 0. The molecule has 1 N–H and O–H groups in total. The highest BCUT2D eigenvalue weighted by atomic mass is 16.6. The van der Waals surface area contributed by atoms with Crippen LogP contribution in [0.5, 0.6) is 5.75 Å². The fraction of sp³-hybridized carbons (Fsp3) is 0.273. The van der Waals surface area contributed by atoms with E-state index in [0.29, 0.717) is 6.42 Å². The molecule has 1 aromatic rings. The largest absolute Gasteiger partial charge is 0.497 e. The van der Waals surface area contributed by atoms with Crippen LogP contribution in [-0.2, 0) is 16.0 Å². The maximum Gasteiger partial charge on any atom is 0.414 e. The number of amides is 2. The van der Waals surface area contributed by atoms with Crippen LogP contribution in [0, 0.1) is 0 Å². The van der Waals surface area contributed by atoms with E-state index in [1.165, 1.54) is 0 Å². The molecule has 1 aliphatic rings. The minimum absolute atomic E-state index is 0.377. The Balaban J connectivity index is 2.03. The summed E-state index contributed by atoms with van der Waals surface area (Å²) in [5, 5.41) is 2.08. The molecule has 0 radical (unpaired) electrons. The molecule has 1 aliphatic heterocycles. The first-order valence-corrected chi connectivity index (χ1v) is 4.83. The molecular formula is C11H11NO4. The van der Waals surface area contributed by atoms with Crippen LogP contribution in [0.4, 0.5) is 4.79 Å². The lowest BCUT2D eigenvalue weighted by Crippen LogP contribution is -2.25. The number of benzene rings is 1. The molecule has 0 unspecified atom stereocenters. The molecule has 0 bridgehead atoms. The molecule has 1 saturated heterocycles. The summed E-state index contributed by atoms with van der Waals surface area (Å²) in [6.07, 6.45) is -1.02. The molecule has 2 amide bonds. The van der Waals surface area contributed by atoms with E-state index >= 15 is 0 Å². The number of ether oxygens (including phenoxy) is 2. The summed E-state index contributed by atoms with van der Waals surface area (Å²) < 4.78 is 9.82. The number of methoxy groups -OCH3 is 1. The fourth-order valence-electron chi connectivity index (χ4n) is 1.50. The standard InChI is InChI=1S/C11H11NO4/c1-15-8-4-2-7(3-5-8)6-9-10(13)12-11(14)16-9/h2-5,9H,6H2,1H3,(H,12,13,14)/t9-/m1/s1. The number of hydrogen-bond donors (Lipinski definition) is 1. The lowest BCUT2D eigenvalue weighted by molar-refractivity contribution is -0.123. The van der Waals surface area contributed by atoms with Gasteiger partial charge in [0.05, 0.1) is 7.11 Å². The van der Waals surface area contributed by atoms with Gasteiger partial charge in [-0.25, -0.2) is 4.79 Å². The zero-order valence-corrected chi connectivity index (χ0v) is 8.73. The molecule has 0 saturated carbocycles. The Bertz CT molecular complexity index is 412. The zero-order chi connectivity index (χ0) is 11.5. The number of rotatable bonds is 3. The van der Waals surface area contributed by atoms with Gasteiger partial charge in [-0.05, 0) is 17.7 Å². The van der Waals surface area contributed by atoms with Crippen molar-refractivity contribution in [2.75, 3.05) is 7.11 Å². The van der Waals surface area contributed by atoms with E-state index in [0.717, 1.165) is 11.3 Å². The monoisotopic (exact) mass is 221 g/mol. The van der Waals surface area contributed by atoms with Gasteiger partial charge < -0.3 is 9.47 Å². The van der Waals surface area contributed by atoms with Crippen molar-refractivity contribution in [3.8, 4) is 5.75 Å². The minimum Gasteiger partial charge on any atom is -0.497 e. The Morgan fingerprint density at radius 1 is 1.31 bits per heavy atom. The predicted molar refractivity (Wildman–Crippen MR) is 55.1 cm³/mol. The van der Waals surface area contributed by atoms with Crippen LogP contribution in [0.2, 0.25) is 0 Å². The fourth-order valence-corrected chi connectivity index (χ4v) is 1.50. The van der Waals surface area contributed by atoms with Crippen LogP contribution in [-0.4, -0.2) is 25.2 Å². The first kappa shape index (κ1) is 10.5. The van der Waals surface area contributed by atoms with Crippen molar-refractivity contribution in [3.05, 3.63) is 29.8 Å². The van der Waals surface area contributed by atoms with E-state index < -0.39 is 12.2 Å². The molecule has 1 atom stereocenters. The summed E-state index contributed by atoms with van der Waals surface area (Å²) in [5.41, 5.74) is 0.913. The average Bonchev–Trinajstić information content (AvgIpc) is 2.59. The van der Waals surface area contributed by atoms with Crippen molar-refractivity contribution in [2.24, 2.45) is 0 Å². The number of hydrogen-bond acceptors (Lipinski definition) is 4. The first-order valence-electron chi connectivity index (χ1n) is 4.83. The molecule has 0 spiro atoms. The summed E-state index contributed by atoms with van der Waals surface area (Å²) in [4.78, 5) is 22.0. The quantitative estimate of drug-likeness (QED) is 0.822. The summed E-state index contributed by atoms with van der Waals surface area (Å²) in [6, 6.07) is 7.25. The summed E-state index contributed by atoms with van der Waals surface area (Å²) >= 11 is 0. The van der Waals surface area contributed by atoms with Gasteiger partial charge in [0, 0.05) is 6.42 Å². The first-order chi connectivity index (χ1) is 7.69. The van der Waals surface area contributed by atoms with Gasteiger partial charge >= 0.3 is 6.09 Å². The SMILES string of the molecule is COc1ccc(C[C@H]2OC(=O)NC2=O)cc1. The van der Waals surface area contributed by atoms with Gasteiger partial charge in [0.1, 0.15) is 5.75 Å². The van der Waals surface area contributed by atoms with E-state index in [4.69, 9.17) is 9.47 Å². The minimum atomic E-state index is -0.721. The highest BCUT2D eigenvalue weighted by Crippen LogP contribution is 2.15. The molecule has 1 fully saturated rings. The second kappa shape index (κ2) is 4.22. The Hall–Kier alpha value is -2.04. The Morgan fingerprint density at radius 2 is 2.00 bits per heavy atom. The highest BCUT2D eigenvalue weighted by molar-refractivity contribution is 6.00.